The highest BCUT2D eigenvalue weighted by molar-refractivity contribution is 7.09. The first-order valence-corrected chi connectivity index (χ1v) is 14.2. The number of hydrogen-bond donors (Lipinski definition) is 1. The predicted molar refractivity (Wildman–Crippen MR) is 148 cm³/mol. The van der Waals surface area contributed by atoms with Crippen LogP contribution >= 0.6 is 11.3 Å². The molecule has 196 valence electrons. The fourth-order valence-electron chi connectivity index (χ4n) is 5.70. The molecule has 1 fully saturated rings. The minimum atomic E-state index is -0.466. The van der Waals surface area contributed by atoms with E-state index >= 15 is 0 Å². The Morgan fingerprint density at radius 1 is 1.11 bits per heavy atom. The number of aromatic amines is 1. The minimum absolute atomic E-state index is 0.120. The summed E-state index contributed by atoms with van der Waals surface area (Å²) in [6, 6.07) is 14.0. The van der Waals surface area contributed by atoms with Gasteiger partial charge in [0, 0.05) is 22.4 Å². The molecular weight excluding hydrogens is 496 g/mol. The summed E-state index contributed by atoms with van der Waals surface area (Å²) < 4.78 is 7.77. The van der Waals surface area contributed by atoms with E-state index < -0.39 is 6.04 Å². The van der Waals surface area contributed by atoms with Crippen LogP contribution in [0.2, 0.25) is 0 Å². The smallest absolute Gasteiger partial charge is 0.253 e. The quantitative estimate of drug-likeness (QED) is 0.262. The van der Waals surface area contributed by atoms with Gasteiger partial charge in [0.05, 0.1) is 24.4 Å². The Labute approximate surface area is 225 Å². The van der Waals surface area contributed by atoms with E-state index in [4.69, 9.17) is 4.42 Å². The lowest BCUT2D eigenvalue weighted by molar-refractivity contribution is 0.175. The summed E-state index contributed by atoms with van der Waals surface area (Å²) >= 11 is 1.70. The number of aryl methyl sites for hydroxylation is 2. The van der Waals surface area contributed by atoms with Crippen molar-refractivity contribution in [3.05, 3.63) is 97.6 Å². The first-order valence-electron chi connectivity index (χ1n) is 13.3. The van der Waals surface area contributed by atoms with Gasteiger partial charge in [-0.2, -0.15) is 0 Å². The molecule has 1 aromatic carbocycles. The highest BCUT2D eigenvalue weighted by Gasteiger charge is 2.33. The van der Waals surface area contributed by atoms with Gasteiger partial charge in [0.2, 0.25) is 0 Å². The Hall–Kier alpha value is -3.56. The number of aromatic nitrogens is 5. The second kappa shape index (κ2) is 10.7. The molecule has 1 N–H and O–H groups in total. The standard InChI is InChI=1S/C29H32N6O2S/c1-19-12-13-20(2)26-24(19)16-25(29(36)30-26)27(28-31-32-33-35(28)21-8-4-3-5-9-21)34(17-22-10-6-14-37-22)18-23-11-7-15-38-23/h6-7,10-16,21,27H,3-5,8-9,17-18H2,1-2H3,(H,30,36)/t27-/m0/s1. The molecule has 0 aliphatic heterocycles. The van der Waals surface area contributed by atoms with Crippen LogP contribution in [0.15, 0.2) is 63.3 Å². The second-order valence-corrected chi connectivity index (χ2v) is 11.3. The van der Waals surface area contributed by atoms with Crippen molar-refractivity contribution >= 4 is 22.2 Å². The van der Waals surface area contributed by atoms with Crippen molar-refractivity contribution in [2.75, 3.05) is 0 Å². The number of thiophene rings is 1. The molecule has 6 rings (SSSR count). The van der Waals surface area contributed by atoms with Gasteiger partial charge in [-0.15, -0.1) is 16.4 Å². The molecule has 0 unspecified atom stereocenters. The summed E-state index contributed by atoms with van der Waals surface area (Å²) in [4.78, 5) is 20.5. The summed E-state index contributed by atoms with van der Waals surface area (Å²) in [7, 11) is 0. The maximum atomic E-state index is 13.8. The van der Waals surface area contributed by atoms with E-state index in [2.05, 4.69) is 55.9 Å². The molecule has 0 bridgehead atoms. The fraction of sp³-hybridized carbons (Fsp3) is 0.379. The molecule has 5 aromatic rings. The average Bonchev–Trinajstić information content (AvgIpc) is 3.72. The number of furan rings is 1. The Balaban J connectivity index is 1.55. The van der Waals surface area contributed by atoms with E-state index in [9.17, 15) is 4.79 Å². The maximum Gasteiger partial charge on any atom is 0.253 e. The minimum Gasteiger partial charge on any atom is -0.468 e. The van der Waals surface area contributed by atoms with E-state index in [1.54, 1.807) is 17.6 Å². The molecule has 0 amide bonds. The van der Waals surface area contributed by atoms with Crippen molar-refractivity contribution in [2.45, 2.75) is 71.1 Å². The highest BCUT2D eigenvalue weighted by Crippen LogP contribution is 2.35. The highest BCUT2D eigenvalue weighted by atomic mass is 32.1. The van der Waals surface area contributed by atoms with Gasteiger partial charge in [-0.1, -0.05) is 37.5 Å². The van der Waals surface area contributed by atoms with E-state index in [1.165, 1.54) is 11.3 Å². The molecule has 4 aromatic heterocycles. The summed E-state index contributed by atoms with van der Waals surface area (Å²) in [6.07, 6.45) is 7.34. The van der Waals surface area contributed by atoms with Gasteiger partial charge >= 0.3 is 0 Å². The third-order valence-electron chi connectivity index (χ3n) is 7.69. The molecule has 1 aliphatic carbocycles. The molecule has 1 saturated carbocycles. The summed E-state index contributed by atoms with van der Waals surface area (Å²) in [5.41, 5.74) is 3.56. The van der Waals surface area contributed by atoms with E-state index in [0.717, 1.165) is 53.5 Å². The number of hydrogen-bond acceptors (Lipinski definition) is 7. The van der Waals surface area contributed by atoms with Gasteiger partial charge in [-0.3, -0.25) is 9.69 Å². The SMILES string of the molecule is Cc1ccc(C)c2[nH]c(=O)c([C@@H](c3nnnn3C3CCCCC3)N(Cc3ccco3)Cc3cccs3)cc12. The average molecular weight is 529 g/mol. The van der Waals surface area contributed by atoms with Crippen LogP contribution in [0.1, 0.15) is 77.3 Å². The van der Waals surface area contributed by atoms with Crippen LogP contribution in [-0.2, 0) is 13.1 Å². The van der Waals surface area contributed by atoms with E-state index in [-0.39, 0.29) is 11.6 Å². The van der Waals surface area contributed by atoms with Crippen molar-refractivity contribution in [1.82, 2.24) is 30.1 Å². The molecule has 8 nitrogen and oxygen atoms in total. The lowest BCUT2D eigenvalue weighted by Crippen LogP contribution is -2.35. The zero-order valence-corrected chi connectivity index (χ0v) is 22.6. The van der Waals surface area contributed by atoms with Crippen LogP contribution in [0, 0.1) is 13.8 Å². The molecule has 0 radical (unpaired) electrons. The van der Waals surface area contributed by atoms with E-state index in [0.29, 0.717) is 24.5 Å². The number of tetrazole rings is 1. The van der Waals surface area contributed by atoms with Crippen LogP contribution in [-0.4, -0.2) is 30.1 Å². The number of fused-ring (bicyclic) bond motifs is 1. The molecular formula is C29H32N6O2S. The summed E-state index contributed by atoms with van der Waals surface area (Å²) in [6.45, 7) is 5.25. The Morgan fingerprint density at radius 3 is 2.71 bits per heavy atom. The van der Waals surface area contributed by atoms with Crippen LogP contribution in [0.25, 0.3) is 10.9 Å². The largest absolute Gasteiger partial charge is 0.468 e. The van der Waals surface area contributed by atoms with Crippen LogP contribution in [0.3, 0.4) is 0 Å². The maximum absolute atomic E-state index is 13.8. The van der Waals surface area contributed by atoms with Crippen LogP contribution in [0.4, 0.5) is 0 Å². The van der Waals surface area contributed by atoms with Crippen molar-refractivity contribution in [2.24, 2.45) is 0 Å². The lowest BCUT2D eigenvalue weighted by Gasteiger charge is -2.32. The lowest BCUT2D eigenvalue weighted by atomic mass is 9.94. The Bertz CT molecular complexity index is 1530. The zero-order valence-electron chi connectivity index (χ0n) is 21.8. The monoisotopic (exact) mass is 528 g/mol. The third-order valence-corrected chi connectivity index (χ3v) is 8.55. The van der Waals surface area contributed by atoms with Gasteiger partial charge < -0.3 is 9.40 Å². The van der Waals surface area contributed by atoms with Gasteiger partial charge in [-0.05, 0) is 77.9 Å². The Morgan fingerprint density at radius 2 is 1.95 bits per heavy atom. The molecule has 9 heteroatoms. The van der Waals surface area contributed by atoms with Crippen LogP contribution in [0.5, 0.6) is 0 Å². The summed E-state index contributed by atoms with van der Waals surface area (Å²) in [5.74, 6) is 1.53. The van der Waals surface area contributed by atoms with E-state index in [1.807, 2.05) is 35.9 Å². The number of pyridine rings is 1. The van der Waals surface area contributed by atoms with Gasteiger partial charge in [0.1, 0.15) is 11.8 Å². The Kier molecular flexibility index (Phi) is 6.95. The number of rotatable bonds is 8. The number of benzene rings is 1. The molecule has 4 heterocycles. The second-order valence-electron chi connectivity index (χ2n) is 10.3. The van der Waals surface area contributed by atoms with Gasteiger partial charge in [-0.25, -0.2) is 4.68 Å². The zero-order chi connectivity index (χ0) is 26.1. The number of H-pyrrole nitrogens is 1. The summed E-state index contributed by atoms with van der Waals surface area (Å²) in [5, 5.41) is 16.3. The van der Waals surface area contributed by atoms with Crippen molar-refractivity contribution in [1.29, 1.82) is 0 Å². The topological polar surface area (TPSA) is 92.8 Å². The van der Waals surface area contributed by atoms with Crippen molar-refractivity contribution in [3.63, 3.8) is 0 Å². The fourth-order valence-corrected chi connectivity index (χ4v) is 6.43. The number of nitrogens with zero attached hydrogens (tertiary/aromatic N) is 5. The first kappa shape index (κ1) is 24.8. The molecule has 1 atom stereocenters. The first-order chi connectivity index (χ1) is 18.6. The van der Waals surface area contributed by atoms with Gasteiger partial charge in [0.15, 0.2) is 5.82 Å². The molecule has 1 aliphatic rings. The predicted octanol–water partition coefficient (Wildman–Crippen LogP) is 6.08. The van der Waals surface area contributed by atoms with Crippen LogP contribution < -0.4 is 5.56 Å². The van der Waals surface area contributed by atoms with Crippen molar-refractivity contribution < 1.29 is 4.42 Å². The van der Waals surface area contributed by atoms with Crippen molar-refractivity contribution in [3.8, 4) is 0 Å². The molecule has 38 heavy (non-hydrogen) atoms. The normalized spacial score (nSPS) is 15.4. The third kappa shape index (κ3) is 4.83. The number of nitrogens with one attached hydrogen (secondary N) is 1. The van der Waals surface area contributed by atoms with Gasteiger partial charge in [0.25, 0.3) is 5.56 Å². The molecule has 0 spiro atoms. The molecule has 0 saturated heterocycles.